The van der Waals surface area contributed by atoms with E-state index in [4.69, 9.17) is 19.2 Å². The lowest BCUT2D eigenvalue weighted by Gasteiger charge is -2.28. The summed E-state index contributed by atoms with van der Waals surface area (Å²) < 4.78 is 16.1. The smallest absolute Gasteiger partial charge is 0.231 e. The Bertz CT molecular complexity index is 946. The van der Waals surface area contributed by atoms with Crippen molar-refractivity contribution in [3.63, 3.8) is 0 Å². The van der Waals surface area contributed by atoms with Gasteiger partial charge in [-0.15, -0.1) is 0 Å². The van der Waals surface area contributed by atoms with E-state index >= 15 is 0 Å². The molecule has 1 aliphatic heterocycles. The van der Waals surface area contributed by atoms with Crippen LogP contribution in [0, 0.1) is 0 Å². The topological polar surface area (TPSA) is 94.5 Å². The number of morpholine rings is 1. The van der Waals surface area contributed by atoms with Gasteiger partial charge in [-0.3, -0.25) is 0 Å². The summed E-state index contributed by atoms with van der Waals surface area (Å²) in [4.78, 5) is 20.1. The summed E-state index contributed by atoms with van der Waals surface area (Å²) in [6.45, 7) is 2.80. The van der Waals surface area contributed by atoms with Crippen molar-refractivity contribution in [2.24, 2.45) is 0 Å². The lowest BCUT2D eigenvalue weighted by Crippen LogP contribution is -2.37. The molecule has 140 valence electrons. The SMILES string of the molecule is COc1ccc(Nc2nc(N3CCOCC3)c3nccnc3n2)c(OC)c1. The molecule has 0 unspecified atom stereocenters. The largest absolute Gasteiger partial charge is 0.497 e. The first-order valence-electron chi connectivity index (χ1n) is 8.59. The number of fused-ring (bicyclic) bond motifs is 1. The molecular weight excluding hydrogens is 348 g/mol. The average Bonchev–Trinajstić information content (AvgIpc) is 2.74. The van der Waals surface area contributed by atoms with Crippen molar-refractivity contribution in [3.8, 4) is 11.5 Å². The van der Waals surface area contributed by atoms with Crippen LogP contribution in [0.1, 0.15) is 0 Å². The summed E-state index contributed by atoms with van der Waals surface area (Å²) in [6.07, 6.45) is 3.27. The maximum Gasteiger partial charge on any atom is 0.231 e. The van der Waals surface area contributed by atoms with Crippen molar-refractivity contribution in [3.05, 3.63) is 30.6 Å². The van der Waals surface area contributed by atoms with Crippen molar-refractivity contribution in [1.29, 1.82) is 0 Å². The zero-order valence-electron chi connectivity index (χ0n) is 15.2. The molecule has 0 atom stereocenters. The minimum atomic E-state index is 0.424. The first-order chi connectivity index (χ1) is 13.3. The standard InChI is InChI=1S/C18H20N6O3/c1-25-12-3-4-13(14(11-12)26-2)21-18-22-16-15(19-5-6-20-16)17(23-18)24-7-9-27-10-8-24/h3-6,11H,7-10H2,1-2H3,(H,20,21,22,23). The van der Waals surface area contributed by atoms with Crippen molar-refractivity contribution >= 4 is 28.6 Å². The molecule has 2 aromatic heterocycles. The Morgan fingerprint density at radius 3 is 2.63 bits per heavy atom. The van der Waals surface area contributed by atoms with Crippen molar-refractivity contribution in [2.75, 3.05) is 50.7 Å². The Kier molecular flexibility index (Phi) is 4.84. The van der Waals surface area contributed by atoms with E-state index in [1.54, 1.807) is 32.7 Å². The quantitative estimate of drug-likeness (QED) is 0.725. The minimum absolute atomic E-state index is 0.424. The van der Waals surface area contributed by atoms with Gasteiger partial charge in [-0.05, 0) is 12.1 Å². The zero-order valence-corrected chi connectivity index (χ0v) is 15.2. The van der Waals surface area contributed by atoms with Crippen LogP contribution < -0.4 is 19.7 Å². The summed E-state index contributed by atoms with van der Waals surface area (Å²) in [6, 6.07) is 5.50. The van der Waals surface area contributed by atoms with Gasteiger partial charge in [0.25, 0.3) is 0 Å². The van der Waals surface area contributed by atoms with Crippen LogP contribution in [-0.4, -0.2) is 60.5 Å². The molecule has 1 aliphatic rings. The molecule has 0 spiro atoms. The Morgan fingerprint density at radius 1 is 1.04 bits per heavy atom. The number of anilines is 3. The third kappa shape index (κ3) is 3.54. The Balaban J connectivity index is 1.74. The van der Waals surface area contributed by atoms with Crippen molar-refractivity contribution in [1.82, 2.24) is 19.9 Å². The van der Waals surface area contributed by atoms with E-state index in [2.05, 4.69) is 25.2 Å². The molecule has 0 saturated carbocycles. The van der Waals surface area contributed by atoms with Gasteiger partial charge in [-0.1, -0.05) is 0 Å². The molecule has 9 heteroatoms. The molecule has 0 amide bonds. The molecule has 1 saturated heterocycles. The van der Waals surface area contributed by atoms with Crippen LogP contribution in [0.25, 0.3) is 11.2 Å². The van der Waals surface area contributed by atoms with Gasteiger partial charge in [-0.2, -0.15) is 9.97 Å². The van der Waals surface area contributed by atoms with Gasteiger partial charge < -0.3 is 24.4 Å². The van der Waals surface area contributed by atoms with E-state index in [1.165, 1.54) is 0 Å². The molecule has 1 fully saturated rings. The normalized spacial score (nSPS) is 14.2. The molecule has 0 bridgehead atoms. The summed E-state index contributed by atoms with van der Waals surface area (Å²) in [5.74, 6) is 2.50. The van der Waals surface area contributed by atoms with E-state index < -0.39 is 0 Å². The summed E-state index contributed by atoms with van der Waals surface area (Å²) in [7, 11) is 3.22. The Labute approximate surface area is 156 Å². The van der Waals surface area contributed by atoms with Crippen LogP contribution in [0.15, 0.2) is 30.6 Å². The molecule has 4 rings (SSSR count). The molecule has 3 heterocycles. The van der Waals surface area contributed by atoms with Gasteiger partial charge >= 0.3 is 0 Å². The monoisotopic (exact) mass is 368 g/mol. The predicted molar refractivity (Wildman–Crippen MR) is 101 cm³/mol. The number of nitrogens with one attached hydrogen (secondary N) is 1. The third-order valence-corrected chi connectivity index (χ3v) is 4.28. The zero-order chi connectivity index (χ0) is 18.6. The number of hydrogen-bond donors (Lipinski definition) is 1. The van der Waals surface area contributed by atoms with E-state index in [-0.39, 0.29) is 0 Å². The summed E-state index contributed by atoms with van der Waals surface area (Å²) >= 11 is 0. The third-order valence-electron chi connectivity index (χ3n) is 4.28. The van der Waals surface area contributed by atoms with Crippen LogP contribution in [0.4, 0.5) is 17.5 Å². The van der Waals surface area contributed by atoms with Crippen LogP contribution in [0.3, 0.4) is 0 Å². The highest BCUT2D eigenvalue weighted by Crippen LogP contribution is 2.32. The number of nitrogens with zero attached hydrogens (tertiary/aromatic N) is 5. The fourth-order valence-electron chi connectivity index (χ4n) is 2.92. The number of rotatable bonds is 5. The van der Waals surface area contributed by atoms with Crippen molar-refractivity contribution in [2.45, 2.75) is 0 Å². The second-order valence-electron chi connectivity index (χ2n) is 5.89. The van der Waals surface area contributed by atoms with Gasteiger partial charge in [0.1, 0.15) is 11.5 Å². The van der Waals surface area contributed by atoms with Gasteiger partial charge in [0, 0.05) is 31.5 Å². The highest BCUT2D eigenvalue weighted by molar-refractivity contribution is 5.84. The van der Waals surface area contributed by atoms with Crippen LogP contribution in [0.5, 0.6) is 11.5 Å². The van der Waals surface area contributed by atoms with Crippen LogP contribution >= 0.6 is 0 Å². The summed E-state index contributed by atoms with van der Waals surface area (Å²) in [5.41, 5.74) is 1.94. The average molecular weight is 368 g/mol. The fourth-order valence-corrected chi connectivity index (χ4v) is 2.92. The van der Waals surface area contributed by atoms with Crippen LogP contribution in [-0.2, 0) is 4.74 Å². The van der Waals surface area contributed by atoms with E-state index in [0.29, 0.717) is 41.8 Å². The first-order valence-corrected chi connectivity index (χ1v) is 8.59. The van der Waals surface area contributed by atoms with Crippen molar-refractivity contribution < 1.29 is 14.2 Å². The Morgan fingerprint density at radius 2 is 1.85 bits per heavy atom. The second-order valence-corrected chi connectivity index (χ2v) is 5.89. The molecule has 27 heavy (non-hydrogen) atoms. The molecule has 1 aromatic carbocycles. The van der Waals surface area contributed by atoms with Gasteiger partial charge in [-0.25, -0.2) is 9.97 Å². The Hall–Kier alpha value is -3.20. The maximum atomic E-state index is 5.45. The lowest BCUT2D eigenvalue weighted by molar-refractivity contribution is 0.122. The van der Waals surface area contributed by atoms with Gasteiger partial charge in [0.05, 0.1) is 33.1 Å². The van der Waals surface area contributed by atoms with E-state index in [1.807, 2.05) is 12.1 Å². The lowest BCUT2D eigenvalue weighted by atomic mass is 10.2. The number of aromatic nitrogens is 4. The van der Waals surface area contributed by atoms with E-state index in [0.717, 1.165) is 24.6 Å². The van der Waals surface area contributed by atoms with E-state index in [9.17, 15) is 0 Å². The fraction of sp³-hybridized carbons (Fsp3) is 0.333. The van der Waals surface area contributed by atoms with Crippen LogP contribution in [0.2, 0.25) is 0 Å². The minimum Gasteiger partial charge on any atom is -0.497 e. The first kappa shape index (κ1) is 17.2. The van der Waals surface area contributed by atoms with Gasteiger partial charge in [0.2, 0.25) is 5.95 Å². The molecule has 9 nitrogen and oxygen atoms in total. The number of methoxy groups -OCH3 is 2. The summed E-state index contributed by atoms with van der Waals surface area (Å²) in [5, 5.41) is 3.22. The predicted octanol–water partition coefficient (Wildman–Crippen LogP) is 2.02. The molecule has 0 radical (unpaired) electrons. The molecule has 3 aromatic rings. The number of ether oxygens (including phenoxy) is 3. The highest BCUT2D eigenvalue weighted by atomic mass is 16.5. The highest BCUT2D eigenvalue weighted by Gasteiger charge is 2.19. The molecule has 0 aliphatic carbocycles. The molecular formula is C18H20N6O3. The maximum absolute atomic E-state index is 5.45. The second kappa shape index (κ2) is 7.58. The molecule has 1 N–H and O–H groups in total. The number of benzene rings is 1. The number of hydrogen-bond acceptors (Lipinski definition) is 9. The van der Waals surface area contributed by atoms with Gasteiger partial charge in [0.15, 0.2) is 17.0 Å².